The number of imidazole rings is 2. The number of morpholine rings is 2. The van der Waals surface area contributed by atoms with Gasteiger partial charge in [-0.3, -0.25) is 19.2 Å². The lowest BCUT2D eigenvalue weighted by molar-refractivity contribution is -0.154. The van der Waals surface area contributed by atoms with Crippen LogP contribution in [0.25, 0.3) is 33.6 Å². The van der Waals surface area contributed by atoms with Crippen LogP contribution in [0.5, 0.6) is 0 Å². The van der Waals surface area contributed by atoms with Gasteiger partial charge < -0.3 is 39.9 Å². The Morgan fingerprint density at radius 2 is 0.862 bits per heavy atom. The van der Waals surface area contributed by atoms with Crippen LogP contribution in [0.1, 0.15) is 93.0 Å². The lowest BCUT2D eigenvalue weighted by atomic mass is 9.86. The molecule has 4 aromatic rings. The molecule has 6 rings (SSSR count). The number of carbonyl (C=O) groups is 4. The maximum absolute atomic E-state index is 13.2. The summed E-state index contributed by atoms with van der Waals surface area (Å²) in [7, 11) is 0. The molecule has 0 aliphatic carbocycles. The van der Waals surface area contributed by atoms with E-state index in [0.717, 1.165) is 33.6 Å². The van der Waals surface area contributed by atoms with Gasteiger partial charge in [0.2, 0.25) is 0 Å². The van der Waals surface area contributed by atoms with Crippen LogP contribution >= 0.6 is 0 Å². The lowest BCUT2D eigenvalue weighted by Gasteiger charge is -2.36. The molecule has 2 saturated heterocycles. The van der Waals surface area contributed by atoms with Crippen molar-refractivity contribution in [2.75, 3.05) is 26.2 Å². The van der Waals surface area contributed by atoms with E-state index >= 15 is 0 Å². The SMILES string of the molecule is C[C@@H]1CN(C(=O)C(=O)N[C@H](c2ncc(-c3ccc(-c4ccc(-c5cnc([C@@H](NC(=O)C(=O)N6C[C@@H](C)O[C@@H](C)C6)C(C)(C)C)[nH]5)cc4)cc3)[nH]2)C(C)(C)C)C[C@H](C)O1. The molecule has 310 valence electrons. The summed E-state index contributed by atoms with van der Waals surface area (Å²) in [5, 5.41) is 5.89. The van der Waals surface area contributed by atoms with Crippen LogP contribution in [0.2, 0.25) is 0 Å². The summed E-state index contributed by atoms with van der Waals surface area (Å²) in [5.74, 6) is -1.34. The molecule has 0 unspecified atom stereocenters. The Morgan fingerprint density at radius 3 is 1.16 bits per heavy atom. The zero-order valence-corrected chi connectivity index (χ0v) is 35.3. The van der Waals surface area contributed by atoms with E-state index in [1.54, 1.807) is 22.2 Å². The molecule has 0 saturated carbocycles. The number of hydrogen-bond donors (Lipinski definition) is 4. The fourth-order valence-electron chi connectivity index (χ4n) is 7.69. The third-order valence-corrected chi connectivity index (χ3v) is 10.5. The van der Waals surface area contributed by atoms with E-state index in [2.05, 4.69) is 30.6 Å². The van der Waals surface area contributed by atoms with Gasteiger partial charge in [-0.15, -0.1) is 0 Å². The Bertz CT molecular complexity index is 1920. The molecule has 14 nitrogen and oxygen atoms in total. The van der Waals surface area contributed by atoms with Crippen molar-refractivity contribution in [3.63, 3.8) is 0 Å². The first-order valence-electron chi connectivity index (χ1n) is 20.1. The molecule has 14 heteroatoms. The highest BCUT2D eigenvalue weighted by atomic mass is 16.5. The molecule has 0 bridgehead atoms. The number of ether oxygens (including phenoxy) is 2. The van der Waals surface area contributed by atoms with Gasteiger partial charge in [0.1, 0.15) is 11.6 Å². The largest absolute Gasteiger partial charge is 0.372 e. The Morgan fingerprint density at radius 1 is 0.569 bits per heavy atom. The summed E-state index contributed by atoms with van der Waals surface area (Å²) in [6, 6.07) is 15.2. The van der Waals surface area contributed by atoms with Crippen molar-refractivity contribution in [1.82, 2.24) is 40.4 Å². The first-order valence-corrected chi connectivity index (χ1v) is 20.1. The number of nitrogens with one attached hydrogen (secondary N) is 4. The average Bonchev–Trinajstić information content (AvgIpc) is 3.85. The minimum Gasteiger partial charge on any atom is -0.372 e. The number of carbonyl (C=O) groups excluding carboxylic acids is 4. The lowest BCUT2D eigenvalue weighted by Crippen LogP contribution is -2.53. The van der Waals surface area contributed by atoms with Crippen LogP contribution in [-0.4, -0.2) is 104 Å². The molecule has 58 heavy (non-hydrogen) atoms. The topological polar surface area (TPSA) is 175 Å². The number of nitrogens with zero attached hydrogens (tertiary/aromatic N) is 4. The molecule has 2 aromatic carbocycles. The maximum atomic E-state index is 13.2. The first kappa shape index (κ1) is 42.3. The second-order valence-electron chi connectivity index (χ2n) is 18.0. The summed E-state index contributed by atoms with van der Waals surface area (Å²) < 4.78 is 11.5. The van der Waals surface area contributed by atoms with Crippen molar-refractivity contribution in [2.24, 2.45) is 10.8 Å². The van der Waals surface area contributed by atoms with Gasteiger partial charge in [0.05, 0.1) is 60.3 Å². The minimum absolute atomic E-state index is 0.141. The summed E-state index contributed by atoms with van der Waals surface area (Å²) in [6.07, 6.45) is 2.93. The van der Waals surface area contributed by atoms with Gasteiger partial charge in [0.25, 0.3) is 0 Å². The van der Waals surface area contributed by atoms with Crippen LogP contribution in [-0.2, 0) is 28.7 Å². The Kier molecular flexibility index (Phi) is 12.3. The third-order valence-electron chi connectivity index (χ3n) is 10.5. The van der Waals surface area contributed by atoms with Gasteiger partial charge >= 0.3 is 23.6 Å². The van der Waals surface area contributed by atoms with E-state index in [4.69, 9.17) is 9.47 Å². The van der Waals surface area contributed by atoms with E-state index in [9.17, 15) is 19.2 Å². The molecule has 4 heterocycles. The van der Waals surface area contributed by atoms with Crippen LogP contribution < -0.4 is 10.6 Å². The van der Waals surface area contributed by atoms with Crippen molar-refractivity contribution in [3.8, 4) is 33.6 Å². The van der Waals surface area contributed by atoms with Crippen LogP contribution in [0.15, 0.2) is 60.9 Å². The van der Waals surface area contributed by atoms with Gasteiger partial charge in [-0.25, -0.2) is 9.97 Å². The van der Waals surface area contributed by atoms with E-state index in [1.165, 1.54) is 0 Å². The molecule has 6 atom stereocenters. The fourth-order valence-corrected chi connectivity index (χ4v) is 7.69. The molecular formula is C44H58N8O6. The number of aromatic amines is 2. The third kappa shape index (κ3) is 9.84. The summed E-state index contributed by atoms with van der Waals surface area (Å²) >= 11 is 0. The van der Waals surface area contributed by atoms with E-state index < -0.39 is 46.5 Å². The Labute approximate surface area is 340 Å². The Balaban J connectivity index is 1.11. The van der Waals surface area contributed by atoms with Crippen LogP contribution in [0, 0.1) is 10.8 Å². The van der Waals surface area contributed by atoms with Gasteiger partial charge in [0.15, 0.2) is 0 Å². The summed E-state index contributed by atoms with van der Waals surface area (Å²) in [6.45, 7) is 21.0. The highest BCUT2D eigenvalue weighted by molar-refractivity contribution is 6.35. The number of aromatic nitrogens is 4. The molecule has 2 fully saturated rings. The predicted molar refractivity (Wildman–Crippen MR) is 221 cm³/mol. The highest BCUT2D eigenvalue weighted by Crippen LogP contribution is 2.35. The Hall–Kier alpha value is -5.34. The smallest absolute Gasteiger partial charge is 0.312 e. The van der Waals surface area contributed by atoms with Crippen molar-refractivity contribution in [1.29, 1.82) is 0 Å². The molecule has 2 aromatic heterocycles. The van der Waals surface area contributed by atoms with Crippen molar-refractivity contribution in [3.05, 3.63) is 72.6 Å². The van der Waals surface area contributed by atoms with Gasteiger partial charge in [-0.1, -0.05) is 90.1 Å². The van der Waals surface area contributed by atoms with E-state index in [-0.39, 0.29) is 24.4 Å². The van der Waals surface area contributed by atoms with E-state index in [1.807, 2.05) is 118 Å². The van der Waals surface area contributed by atoms with Gasteiger partial charge in [-0.05, 0) is 60.8 Å². The molecule has 2 aliphatic rings. The quantitative estimate of drug-likeness (QED) is 0.170. The number of rotatable bonds is 7. The highest BCUT2D eigenvalue weighted by Gasteiger charge is 2.37. The van der Waals surface area contributed by atoms with Crippen LogP contribution in [0.4, 0.5) is 0 Å². The molecular weight excluding hydrogens is 737 g/mol. The zero-order chi connectivity index (χ0) is 42.1. The molecule has 0 radical (unpaired) electrons. The second kappa shape index (κ2) is 16.9. The monoisotopic (exact) mass is 794 g/mol. The number of amides is 4. The van der Waals surface area contributed by atoms with Gasteiger partial charge in [-0.2, -0.15) is 0 Å². The molecule has 4 amide bonds. The molecule has 2 aliphatic heterocycles. The number of benzene rings is 2. The molecule has 4 N–H and O–H groups in total. The maximum Gasteiger partial charge on any atom is 0.312 e. The predicted octanol–water partition coefficient (Wildman–Crippen LogP) is 5.81. The van der Waals surface area contributed by atoms with Crippen molar-refractivity contribution < 1.29 is 28.7 Å². The van der Waals surface area contributed by atoms with Gasteiger partial charge in [0, 0.05) is 26.2 Å². The van der Waals surface area contributed by atoms with Crippen LogP contribution in [0.3, 0.4) is 0 Å². The normalized spacial score (nSPS) is 21.3. The van der Waals surface area contributed by atoms with Crippen molar-refractivity contribution in [2.45, 2.75) is 106 Å². The summed E-state index contributed by atoms with van der Waals surface area (Å²) in [4.78, 5) is 71.8. The number of H-pyrrole nitrogens is 2. The zero-order valence-electron chi connectivity index (χ0n) is 35.3. The van der Waals surface area contributed by atoms with Crippen molar-refractivity contribution >= 4 is 23.6 Å². The molecule has 0 spiro atoms. The first-order chi connectivity index (χ1) is 27.3. The van der Waals surface area contributed by atoms with E-state index in [0.29, 0.717) is 37.8 Å². The average molecular weight is 795 g/mol. The summed E-state index contributed by atoms with van der Waals surface area (Å²) in [5.41, 5.74) is 4.60. The standard InChI is InChI=1S/C44H58N8O6/c1-25-21-51(22-26(2)57-25)41(55)39(53)49-35(43(5,6)7)37-45-19-33(47-37)31-15-11-29(12-16-31)30-13-17-32(18-14-30)34-20-46-38(48-34)36(44(8,9)10)50-40(54)42(56)52-23-27(3)58-28(4)24-52/h11-20,25-28,35-36H,21-24H2,1-10H3,(H,45,47)(H,46,48)(H,49,53)(H,50,54)/t25-,26+,27-,28+,35-,36-/m1/s1. The number of hydrogen-bond acceptors (Lipinski definition) is 8. The second-order valence-corrected chi connectivity index (χ2v) is 18.0. The minimum atomic E-state index is -0.664. The fraction of sp³-hybridized carbons (Fsp3) is 0.500.